The summed E-state index contributed by atoms with van der Waals surface area (Å²) in [7, 11) is 0. The Labute approximate surface area is 184 Å². The van der Waals surface area contributed by atoms with Gasteiger partial charge in [-0.05, 0) is 72.6 Å². The van der Waals surface area contributed by atoms with Crippen LogP contribution in [-0.2, 0) is 4.79 Å². The molecule has 0 N–H and O–H groups in total. The van der Waals surface area contributed by atoms with Crippen molar-refractivity contribution in [3.05, 3.63) is 95.6 Å². The molecular formula is C30H28O. The van der Waals surface area contributed by atoms with E-state index in [9.17, 15) is 4.79 Å². The average Bonchev–Trinajstić information content (AvgIpc) is 3.03. The van der Waals surface area contributed by atoms with Gasteiger partial charge in [-0.3, -0.25) is 4.79 Å². The third-order valence-corrected chi connectivity index (χ3v) is 9.73. The van der Waals surface area contributed by atoms with Gasteiger partial charge in [-0.2, -0.15) is 0 Å². The van der Waals surface area contributed by atoms with Crippen LogP contribution in [0.15, 0.2) is 84.5 Å². The number of carbonyl (C=O) groups is 1. The highest BCUT2D eigenvalue weighted by molar-refractivity contribution is 6.23. The van der Waals surface area contributed by atoms with E-state index in [1.807, 2.05) is 0 Å². The highest BCUT2D eigenvalue weighted by Crippen LogP contribution is 2.82. The van der Waals surface area contributed by atoms with Gasteiger partial charge in [0.2, 0.25) is 0 Å². The van der Waals surface area contributed by atoms with Crippen molar-refractivity contribution in [3.8, 4) is 0 Å². The molecule has 2 aromatic rings. The summed E-state index contributed by atoms with van der Waals surface area (Å²) < 4.78 is 0. The van der Waals surface area contributed by atoms with Gasteiger partial charge >= 0.3 is 0 Å². The number of ketones is 1. The second kappa shape index (κ2) is 5.57. The molecule has 1 heteroatoms. The molecule has 2 fully saturated rings. The van der Waals surface area contributed by atoms with E-state index < -0.39 is 10.8 Å². The Morgan fingerprint density at radius 2 is 1.23 bits per heavy atom. The average molecular weight is 405 g/mol. The zero-order valence-corrected chi connectivity index (χ0v) is 18.4. The lowest BCUT2D eigenvalue weighted by molar-refractivity contribution is -0.127. The Kier molecular flexibility index (Phi) is 3.23. The van der Waals surface area contributed by atoms with Gasteiger partial charge in [0, 0.05) is 5.92 Å². The lowest BCUT2D eigenvalue weighted by Gasteiger charge is -2.65. The lowest BCUT2D eigenvalue weighted by atomic mass is 9.37. The molecular weight excluding hydrogens is 376 g/mol. The molecule has 0 unspecified atom stereocenters. The monoisotopic (exact) mass is 404 g/mol. The Morgan fingerprint density at radius 3 is 1.74 bits per heavy atom. The van der Waals surface area contributed by atoms with Gasteiger partial charge in [-0.15, -0.1) is 0 Å². The molecule has 4 bridgehead atoms. The molecule has 31 heavy (non-hydrogen) atoms. The van der Waals surface area contributed by atoms with Gasteiger partial charge in [0.1, 0.15) is 0 Å². The summed E-state index contributed by atoms with van der Waals surface area (Å²) >= 11 is 0. The van der Waals surface area contributed by atoms with Crippen LogP contribution in [0, 0.1) is 46.3 Å². The minimum atomic E-state index is -0.404. The molecule has 0 radical (unpaired) electrons. The van der Waals surface area contributed by atoms with Crippen LogP contribution in [-0.4, -0.2) is 5.78 Å². The minimum absolute atomic E-state index is 0.403. The zero-order chi connectivity index (χ0) is 21.1. The maximum absolute atomic E-state index is 14.4. The quantitative estimate of drug-likeness (QED) is 0.526. The predicted octanol–water partition coefficient (Wildman–Crippen LogP) is 6.45. The van der Waals surface area contributed by atoms with Gasteiger partial charge < -0.3 is 0 Å². The number of Topliss-reactive ketones (excluding diaryl/α,β-unsaturated/α-hetero) is 1. The number of benzene rings is 2. The van der Waals surface area contributed by atoms with E-state index in [4.69, 9.17) is 0 Å². The molecule has 8 atom stereocenters. The SMILES string of the molecule is CC1=C[C@H]2C=C[C@H]1[C@@H]1[C@@H]2[C@H]2[C@H]1[C@@]1(C)C(=O)[C@@]2(C)C(c2ccccc2)=C1c1ccccc1. The van der Waals surface area contributed by atoms with Crippen molar-refractivity contribution < 1.29 is 4.79 Å². The van der Waals surface area contributed by atoms with E-state index in [1.54, 1.807) is 0 Å². The summed E-state index contributed by atoms with van der Waals surface area (Å²) in [6.45, 7) is 6.88. The van der Waals surface area contributed by atoms with E-state index in [-0.39, 0.29) is 0 Å². The standard InChI is InChI=1S/C30H28O/c1-17-16-20-14-15-21(17)23-22(20)26-27(23)30(3)25(19-12-8-5-9-13-19)24(29(26,2)28(30)31)18-10-6-4-7-11-18/h4-16,20-23,26-27H,1-3H3/t20-,21-,22-,23-,26+,27+,29+,30+/m1/s1. The van der Waals surface area contributed by atoms with Gasteiger partial charge in [-0.1, -0.05) is 84.5 Å². The maximum Gasteiger partial charge on any atom is 0.153 e. The van der Waals surface area contributed by atoms with Crippen LogP contribution in [0.2, 0.25) is 0 Å². The van der Waals surface area contributed by atoms with Gasteiger partial charge in [0.25, 0.3) is 0 Å². The number of hydrogen-bond acceptors (Lipinski definition) is 1. The molecule has 0 amide bonds. The molecule has 0 aromatic heterocycles. The van der Waals surface area contributed by atoms with Gasteiger partial charge in [0.15, 0.2) is 5.78 Å². The van der Waals surface area contributed by atoms with Gasteiger partial charge in [-0.25, -0.2) is 0 Å². The first kappa shape index (κ1) is 18.0. The fourth-order valence-corrected chi connectivity index (χ4v) is 8.82. The Hall–Kier alpha value is -2.67. The lowest BCUT2D eigenvalue weighted by Crippen LogP contribution is -2.61. The van der Waals surface area contributed by atoms with Crippen molar-refractivity contribution in [1.29, 1.82) is 0 Å². The fraction of sp³-hybridized carbons (Fsp3) is 0.367. The Balaban J connectivity index is 1.52. The van der Waals surface area contributed by atoms with Crippen LogP contribution in [0.5, 0.6) is 0 Å². The topological polar surface area (TPSA) is 17.1 Å². The van der Waals surface area contributed by atoms with E-state index >= 15 is 0 Å². The molecule has 8 rings (SSSR count). The zero-order valence-electron chi connectivity index (χ0n) is 18.4. The molecule has 1 nitrogen and oxygen atoms in total. The number of allylic oxidation sites excluding steroid dienone is 6. The van der Waals surface area contributed by atoms with Crippen molar-refractivity contribution >= 4 is 16.9 Å². The third kappa shape index (κ3) is 1.81. The highest BCUT2D eigenvalue weighted by atomic mass is 16.1. The molecule has 0 aliphatic heterocycles. The van der Waals surface area contributed by atoms with Crippen molar-refractivity contribution in [2.75, 3.05) is 0 Å². The second-order valence-electron chi connectivity index (χ2n) is 10.8. The minimum Gasteiger partial charge on any atom is -0.298 e. The number of rotatable bonds is 2. The first-order valence-corrected chi connectivity index (χ1v) is 11.8. The molecule has 0 spiro atoms. The fourth-order valence-electron chi connectivity index (χ4n) is 8.82. The highest BCUT2D eigenvalue weighted by Gasteiger charge is 2.81. The van der Waals surface area contributed by atoms with E-state index in [1.165, 1.54) is 27.8 Å². The van der Waals surface area contributed by atoms with Crippen LogP contribution in [0.1, 0.15) is 31.9 Å². The number of hydrogen-bond donors (Lipinski definition) is 0. The number of carbonyl (C=O) groups excluding carboxylic acids is 1. The molecule has 6 aliphatic carbocycles. The van der Waals surface area contributed by atoms with Crippen molar-refractivity contribution in [3.63, 3.8) is 0 Å². The summed E-state index contributed by atoms with van der Waals surface area (Å²) in [4.78, 5) is 14.4. The molecule has 0 heterocycles. The van der Waals surface area contributed by atoms with E-state index in [2.05, 4.69) is 99.7 Å². The van der Waals surface area contributed by atoms with Crippen LogP contribution >= 0.6 is 0 Å². The summed E-state index contributed by atoms with van der Waals surface area (Å²) in [5.41, 5.74) is 5.78. The predicted molar refractivity (Wildman–Crippen MR) is 125 cm³/mol. The maximum atomic E-state index is 14.4. The smallest absolute Gasteiger partial charge is 0.153 e. The second-order valence-corrected chi connectivity index (χ2v) is 10.8. The first-order valence-electron chi connectivity index (χ1n) is 11.8. The normalized spacial score (nSPS) is 43.6. The molecule has 2 aromatic carbocycles. The molecule has 6 aliphatic rings. The summed E-state index contributed by atoms with van der Waals surface area (Å²) in [5.74, 6) is 3.59. The van der Waals surface area contributed by atoms with Crippen LogP contribution < -0.4 is 0 Å². The van der Waals surface area contributed by atoms with Crippen LogP contribution in [0.4, 0.5) is 0 Å². The molecule has 0 saturated heterocycles. The summed E-state index contributed by atoms with van der Waals surface area (Å²) in [6, 6.07) is 21.5. The summed E-state index contributed by atoms with van der Waals surface area (Å²) in [6.07, 6.45) is 7.37. The van der Waals surface area contributed by atoms with Gasteiger partial charge in [0.05, 0.1) is 10.8 Å². The first-order chi connectivity index (χ1) is 15.0. The molecule has 2 saturated carbocycles. The number of fused-ring (bicyclic) bond motifs is 5. The Morgan fingerprint density at radius 1 is 0.710 bits per heavy atom. The van der Waals surface area contributed by atoms with Crippen molar-refractivity contribution in [1.82, 2.24) is 0 Å². The third-order valence-electron chi connectivity index (χ3n) is 9.73. The van der Waals surface area contributed by atoms with Crippen LogP contribution in [0.25, 0.3) is 11.1 Å². The largest absolute Gasteiger partial charge is 0.298 e. The van der Waals surface area contributed by atoms with Crippen molar-refractivity contribution in [2.24, 2.45) is 46.3 Å². The van der Waals surface area contributed by atoms with Crippen LogP contribution in [0.3, 0.4) is 0 Å². The van der Waals surface area contributed by atoms with E-state index in [0.29, 0.717) is 41.3 Å². The summed E-state index contributed by atoms with van der Waals surface area (Å²) in [5, 5.41) is 0. The Bertz CT molecular complexity index is 1220. The van der Waals surface area contributed by atoms with E-state index in [0.717, 1.165) is 0 Å². The molecule has 154 valence electrons. The van der Waals surface area contributed by atoms with Crippen molar-refractivity contribution in [2.45, 2.75) is 20.8 Å².